The third-order valence-corrected chi connectivity index (χ3v) is 3.34. The van der Waals surface area contributed by atoms with Gasteiger partial charge >= 0.3 is 0 Å². The van der Waals surface area contributed by atoms with Gasteiger partial charge in [0.1, 0.15) is 0 Å². The number of nitrogens with two attached hydrogens (primary N) is 1. The Morgan fingerprint density at radius 1 is 1.20 bits per heavy atom. The number of hydrogen-bond acceptors (Lipinski definition) is 4. The Morgan fingerprint density at radius 3 is 2.80 bits per heavy atom. The van der Waals surface area contributed by atoms with Crippen molar-refractivity contribution in [3.8, 4) is 0 Å². The van der Waals surface area contributed by atoms with E-state index in [0.717, 1.165) is 25.9 Å². The molecule has 4 heteroatoms. The lowest BCUT2D eigenvalue weighted by Crippen LogP contribution is -2.30. The zero-order chi connectivity index (χ0) is 14.0. The Kier molecular flexibility index (Phi) is 7.01. The summed E-state index contributed by atoms with van der Waals surface area (Å²) in [7, 11) is 0. The van der Waals surface area contributed by atoms with Gasteiger partial charge in [-0.3, -0.25) is 0 Å². The first-order valence-electron chi connectivity index (χ1n) is 7.45. The Labute approximate surface area is 121 Å². The van der Waals surface area contributed by atoms with Gasteiger partial charge in [-0.2, -0.15) is 0 Å². The molecule has 2 N–H and O–H groups in total. The number of hydrogen-bond donors (Lipinski definition) is 1. The van der Waals surface area contributed by atoms with Crippen molar-refractivity contribution in [3.05, 3.63) is 35.9 Å². The molecule has 1 aliphatic rings. The molecular formula is C16H25NO3. The van der Waals surface area contributed by atoms with Crippen LogP contribution in [0.3, 0.4) is 0 Å². The molecule has 0 aromatic heterocycles. The minimum Gasteiger partial charge on any atom is -0.377 e. The predicted molar refractivity (Wildman–Crippen MR) is 78.5 cm³/mol. The Hall–Kier alpha value is -0.940. The molecule has 0 bridgehead atoms. The highest BCUT2D eigenvalue weighted by Crippen LogP contribution is 2.13. The van der Waals surface area contributed by atoms with Crippen molar-refractivity contribution in [1.82, 2.24) is 0 Å². The lowest BCUT2D eigenvalue weighted by Gasteiger charge is -2.22. The van der Waals surface area contributed by atoms with Crippen molar-refractivity contribution >= 4 is 0 Å². The molecule has 1 saturated heterocycles. The average molecular weight is 279 g/mol. The van der Waals surface area contributed by atoms with Gasteiger partial charge in [0.15, 0.2) is 6.29 Å². The van der Waals surface area contributed by atoms with Crippen molar-refractivity contribution in [2.24, 2.45) is 5.73 Å². The summed E-state index contributed by atoms with van der Waals surface area (Å²) in [5.41, 5.74) is 7.29. The fourth-order valence-corrected chi connectivity index (χ4v) is 2.29. The van der Waals surface area contributed by atoms with Crippen LogP contribution in [0.25, 0.3) is 0 Å². The van der Waals surface area contributed by atoms with E-state index in [0.29, 0.717) is 19.8 Å². The maximum atomic E-state index is 6.04. The van der Waals surface area contributed by atoms with Gasteiger partial charge in [-0.1, -0.05) is 30.3 Å². The van der Waals surface area contributed by atoms with E-state index in [1.54, 1.807) is 0 Å². The predicted octanol–water partition coefficient (Wildman–Crippen LogP) is 2.12. The summed E-state index contributed by atoms with van der Waals surface area (Å²) in [6, 6.07) is 10.3. The normalized spacial score (nSPS) is 20.8. The molecule has 1 unspecified atom stereocenters. The smallest absolute Gasteiger partial charge is 0.157 e. The van der Waals surface area contributed by atoms with Gasteiger partial charge in [0.25, 0.3) is 0 Å². The topological polar surface area (TPSA) is 53.7 Å². The van der Waals surface area contributed by atoms with E-state index in [9.17, 15) is 0 Å². The average Bonchev–Trinajstić information content (AvgIpc) is 2.49. The van der Waals surface area contributed by atoms with Crippen LogP contribution in [0.4, 0.5) is 0 Å². The van der Waals surface area contributed by atoms with Crippen LogP contribution in [0.5, 0.6) is 0 Å². The second-order valence-corrected chi connectivity index (χ2v) is 5.19. The van der Waals surface area contributed by atoms with Crippen LogP contribution in [-0.4, -0.2) is 38.8 Å². The van der Waals surface area contributed by atoms with Crippen LogP contribution < -0.4 is 5.73 Å². The Bertz CT molecular complexity index is 352. The molecule has 0 radical (unpaired) electrons. The molecule has 1 aromatic carbocycles. The first kappa shape index (κ1) is 15.4. The number of rotatable bonds is 8. The third-order valence-electron chi connectivity index (χ3n) is 3.34. The molecule has 0 saturated carbocycles. The lowest BCUT2D eigenvalue weighted by atomic mass is 10.1. The van der Waals surface area contributed by atoms with E-state index in [2.05, 4.69) is 12.1 Å². The van der Waals surface area contributed by atoms with Crippen LogP contribution in [0.15, 0.2) is 30.3 Å². The van der Waals surface area contributed by atoms with Crippen molar-refractivity contribution < 1.29 is 14.2 Å². The highest BCUT2D eigenvalue weighted by atomic mass is 16.7. The monoisotopic (exact) mass is 279 g/mol. The highest BCUT2D eigenvalue weighted by Gasteiger charge is 2.13. The summed E-state index contributed by atoms with van der Waals surface area (Å²) in [5, 5.41) is 0. The van der Waals surface area contributed by atoms with E-state index in [1.807, 2.05) is 18.2 Å². The van der Waals surface area contributed by atoms with Crippen molar-refractivity contribution in [1.29, 1.82) is 0 Å². The van der Waals surface area contributed by atoms with Gasteiger partial charge < -0.3 is 19.9 Å². The number of benzene rings is 1. The Morgan fingerprint density at radius 2 is 2.05 bits per heavy atom. The van der Waals surface area contributed by atoms with E-state index < -0.39 is 0 Å². The molecule has 2 atom stereocenters. The van der Waals surface area contributed by atoms with E-state index >= 15 is 0 Å². The van der Waals surface area contributed by atoms with Gasteiger partial charge in [0.2, 0.25) is 0 Å². The van der Waals surface area contributed by atoms with Crippen molar-refractivity contribution in [2.75, 3.05) is 26.4 Å². The van der Waals surface area contributed by atoms with Gasteiger partial charge in [0.05, 0.1) is 19.8 Å². The first-order valence-corrected chi connectivity index (χ1v) is 7.45. The molecule has 1 heterocycles. The molecule has 20 heavy (non-hydrogen) atoms. The summed E-state index contributed by atoms with van der Waals surface area (Å²) in [5.74, 6) is 0. The molecule has 112 valence electrons. The van der Waals surface area contributed by atoms with Gasteiger partial charge in [-0.05, 0) is 31.2 Å². The van der Waals surface area contributed by atoms with E-state index in [1.165, 1.54) is 12.0 Å². The lowest BCUT2D eigenvalue weighted by molar-refractivity contribution is -0.169. The van der Waals surface area contributed by atoms with Gasteiger partial charge in [-0.15, -0.1) is 0 Å². The zero-order valence-electron chi connectivity index (χ0n) is 12.0. The second-order valence-electron chi connectivity index (χ2n) is 5.19. The maximum absolute atomic E-state index is 6.04. The highest BCUT2D eigenvalue weighted by molar-refractivity contribution is 5.15. The summed E-state index contributed by atoms with van der Waals surface area (Å²) >= 11 is 0. The minimum atomic E-state index is -0.0367. The van der Waals surface area contributed by atoms with E-state index in [4.69, 9.17) is 19.9 Å². The van der Waals surface area contributed by atoms with E-state index in [-0.39, 0.29) is 12.3 Å². The molecular weight excluding hydrogens is 254 g/mol. The van der Waals surface area contributed by atoms with Crippen molar-refractivity contribution in [2.45, 2.75) is 38.0 Å². The van der Waals surface area contributed by atoms with Gasteiger partial charge in [-0.25, -0.2) is 0 Å². The van der Waals surface area contributed by atoms with Crippen LogP contribution >= 0.6 is 0 Å². The second kappa shape index (κ2) is 9.08. The molecule has 4 nitrogen and oxygen atoms in total. The summed E-state index contributed by atoms with van der Waals surface area (Å²) < 4.78 is 16.6. The van der Waals surface area contributed by atoms with Crippen LogP contribution in [0, 0.1) is 0 Å². The molecule has 1 aromatic rings. The fourth-order valence-electron chi connectivity index (χ4n) is 2.29. The standard InChI is InChI=1S/C16H25NO3/c17-15(12-14-6-2-1-3-7-14)13-18-10-11-20-16-8-4-5-9-19-16/h1-3,6-7,15-16H,4-5,8-13,17H2/t15-,16?/m0/s1. The molecule has 2 rings (SSSR count). The molecule has 0 aliphatic carbocycles. The summed E-state index contributed by atoms with van der Waals surface area (Å²) in [4.78, 5) is 0. The molecule has 0 spiro atoms. The fraction of sp³-hybridized carbons (Fsp3) is 0.625. The number of ether oxygens (including phenoxy) is 3. The quantitative estimate of drug-likeness (QED) is 0.741. The molecule has 1 fully saturated rings. The van der Waals surface area contributed by atoms with Crippen LogP contribution in [0.1, 0.15) is 24.8 Å². The Balaban J connectivity index is 1.50. The minimum absolute atomic E-state index is 0.0309. The zero-order valence-corrected chi connectivity index (χ0v) is 12.0. The summed E-state index contributed by atoms with van der Waals surface area (Å²) in [6.45, 7) is 2.52. The third kappa shape index (κ3) is 6.01. The maximum Gasteiger partial charge on any atom is 0.157 e. The van der Waals surface area contributed by atoms with Crippen LogP contribution in [-0.2, 0) is 20.6 Å². The SMILES string of the molecule is N[C@H](COCCOC1CCCCO1)Cc1ccccc1. The molecule has 1 aliphatic heterocycles. The largest absolute Gasteiger partial charge is 0.377 e. The van der Waals surface area contributed by atoms with Gasteiger partial charge in [0, 0.05) is 12.6 Å². The van der Waals surface area contributed by atoms with Crippen molar-refractivity contribution in [3.63, 3.8) is 0 Å². The van der Waals surface area contributed by atoms with Crippen LogP contribution in [0.2, 0.25) is 0 Å². The summed E-state index contributed by atoms with van der Waals surface area (Å²) in [6.07, 6.45) is 4.13. The molecule has 0 amide bonds. The first-order chi connectivity index (χ1) is 9.84.